The zero-order valence-electron chi connectivity index (χ0n) is 26.6. The maximum Gasteiger partial charge on any atom is 0.306 e. The van der Waals surface area contributed by atoms with Gasteiger partial charge in [0.2, 0.25) is 0 Å². The molecule has 0 saturated carbocycles. The lowest BCUT2D eigenvalue weighted by Gasteiger charge is -2.15. The van der Waals surface area contributed by atoms with Crippen LogP contribution in [0.25, 0.3) is 0 Å². The highest BCUT2D eigenvalue weighted by atomic mass is 16.6. The third-order valence-corrected chi connectivity index (χ3v) is 7.56. The number of ether oxygens (including phenoxy) is 2. The Bertz CT molecular complexity index is 574. The number of rotatable bonds is 31. The molecule has 0 rings (SSSR count). The molecule has 0 aromatic rings. The Balaban J connectivity index is 3.54. The van der Waals surface area contributed by atoms with Crippen LogP contribution in [0.2, 0.25) is 0 Å². The van der Waals surface area contributed by atoms with Crippen LogP contribution < -0.4 is 0 Å². The van der Waals surface area contributed by atoms with Gasteiger partial charge in [-0.25, -0.2) is 0 Å². The predicted octanol–water partition coefficient (Wildman–Crippen LogP) is 10.2. The minimum atomic E-state index is -0.764. The van der Waals surface area contributed by atoms with E-state index in [1.54, 1.807) is 0 Å². The van der Waals surface area contributed by atoms with E-state index in [0.29, 0.717) is 12.8 Å². The van der Waals surface area contributed by atoms with Crippen molar-refractivity contribution in [3.63, 3.8) is 0 Å². The van der Waals surface area contributed by atoms with Crippen LogP contribution in [0.15, 0.2) is 12.2 Å². The van der Waals surface area contributed by atoms with Gasteiger partial charge in [-0.2, -0.15) is 0 Å². The molecule has 0 aromatic heterocycles. The SMILES string of the molecule is CCCCCCCC/C=C/CCCCCCCCCC(=O)OC[C@H](CO)OC(=O)CCCCCCCCCCC. The number of aliphatic hydroxyl groups excluding tert-OH is 1. The standard InChI is InChI=1S/C35H66O5/c1-3-5-7-9-11-13-14-15-16-17-18-19-20-22-23-25-27-29-34(37)39-32-33(31-36)40-35(38)30-28-26-24-21-12-10-8-6-4-2/h15-16,33,36H,3-14,17-32H2,1-2H3/b16-15+/t33-/m0/s1. The molecule has 0 heterocycles. The van der Waals surface area contributed by atoms with Crippen molar-refractivity contribution in [3.8, 4) is 0 Å². The highest BCUT2D eigenvalue weighted by Crippen LogP contribution is 2.13. The van der Waals surface area contributed by atoms with Gasteiger partial charge in [0.1, 0.15) is 6.61 Å². The third-order valence-electron chi connectivity index (χ3n) is 7.56. The van der Waals surface area contributed by atoms with Gasteiger partial charge < -0.3 is 14.6 Å². The maximum absolute atomic E-state index is 12.0. The lowest BCUT2D eigenvalue weighted by molar-refractivity contribution is -0.161. The average Bonchev–Trinajstić information content (AvgIpc) is 2.96. The molecule has 5 nitrogen and oxygen atoms in total. The van der Waals surface area contributed by atoms with E-state index in [-0.39, 0.29) is 25.2 Å². The summed E-state index contributed by atoms with van der Waals surface area (Å²) in [5, 5.41) is 9.48. The van der Waals surface area contributed by atoms with Crippen LogP contribution in [0.4, 0.5) is 0 Å². The number of hydrogen-bond acceptors (Lipinski definition) is 5. The summed E-state index contributed by atoms with van der Waals surface area (Å²) in [4.78, 5) is 24.0. The number of allylic oxidation sites excluding steroid dienone is 2. The summed E-state index contributed by atoms with van der Waals surface area (Å²) in [6, 6.07) is 0. The first-order chi connectivity index (χ1) is 19.6. The number of aliphatic hydroxyl groups is 1. The van der Waals surface area contributed by atoms with Crippen LogP contribution in [0.1, 0.15) is 181 Å². The second kappa shape index (κ2) is 32.2. The van der Waals surface area contributed by atoms with E-state index >= 15 is 0 Å². The minimum Gasteiger partial charge on any atom is -0.462 e. The third kappa shape index (κ3) is 29.6. The van der Waals surface area contributed by atoms with Crippen molar-refractivity contribution in [1.82, 2.24) is 0 Å². The van der Waals surface area contributed by atoms with Gasteiger partial charge in [-0.1, -0.05) is 142 Å². The summed E-state index contributed by atoms with van der Waals surface area (Å²) >= 11 is 0. The Morgan fingerprint density at radius 3 is 1.35 bits per heavy atom. The molecule has 0 aliphatic carbocycles. The van der Waals surface area contributed by atoms with E-state index in [1.807, 2.05) is 0 Å². The molecule has 5 heteroatoms. The first kappa shape index (κ1) is 38.6. The molecule has 0 spiro atoms. The fourth-order valence-electron chi connectivity index (χ4n) is 4.90. The summed E-state index contributed by atoms with van der Waals surface area (Å²) in [7, 11) is 0. The topological polar surface area (TPSA) is 72.8 Å². The van der Waals surface area contributed by atoms with Crippen molar-refractivity contribution < 1.29 is 24.2 Å². The van der Waals surface area contributed by atoms with E-state index in [1.165, 1.54) is 116 Å². The molecular formula is C35H66O5. The number of esters is 2. The lowest BCUT2D eigenvalue weighted by atomic mass is 10.1. The molecule has 0 amide bonds. The molecule has 1 N–H and O–H groups in total. The fraction of sp³-hybridized carbons (Fsp3) is 0.886. The van der Waals surface area contributed by atoms with Gasteiger partial charge in [0, 0.05) is 12.8 Å². The zero-order chi connectivity index (χ0) is 29.4. The van der Waals surface area contributed by atoms with Crippen LogP contribution in [0.5, 0.6) is 0 Å². The van der Waals surface area contributed by atoms with Crippen molar-refractivity contribution in [1.29, 1.82) is 0 Å². The van der Waals surface area contributed by atoms with Crippen molar-refractivity contribution in [2.75, 3.05) is 13.2 Å². The Kier molecular flexibility index (Phi) is 31.1. The molecule has 1 atom stereocenters. The Morgan fingerprint density at radius 1 is 0.550 bits per heavy atom. The van der Waals surface area contributed by atoms with Crippen LogP contribution in [-0.4, -0.2) is 36.4 Å². The second-order valence-corrected chi connectivity index (χ2v) is 11.6. The van der Waals surface area contributed by atoms with E-state index < -0.39 is 6.10 Å². The maximum atomic E-state index is 12.0. The van der Waals surface area contributed by atoms with Crippen LogP contribution in [0, 0.1) is 0 Å². The fourth-order valence-corrected chi connectivity index (χ4v) is 4.90. The first-order valence-corrected chi connectivity index (χ1v) is 17.2. The molecule has 0 unspecified atom stereocenters. The monoisotopic (exact) mass is 566 g/mol. The predicted molar refractivity (Wildman–Crippen MR) is 168 cm³/mol. The second-order valence-electron chi connectivity index (χ2n) is 11.6. The minimum absolute atomic E-state index is 0.0633. The molecule has 0 aliphatic heterocycles. The van der Waals surface area contributed by atoms with Crippen LogP contribution in [-0.2, 0) is 19.1 Å². The van der Waals surface area contributed by atoms with Crippen molar-refractivity contribution in [2.45, 2.75) is 187 Å². The van der Waals surface area contributed by atoms with E-state index in [2.05, 4.69) is 26.0 Å². The number of hydrogen-bond donors (Lipinski definition) is 1. The highest BCUT2D eigenvalue weighted by Gasteiger charge is 2.16. The molecule has 0 aliphatic rings. The summed E-state index contributed by atoms with van der Waals surface area (Å²) in [5.74, 6) is -0.594. The van der Waals surface area contributed by atoms with Crippen molar-refractivity contribution in [3.05, 3.63) is 12.2 Å². The molecule has 0 saturated heterocycles. The Hall–Kier alpha value is -1.36. The van der Waals surface area contributed by atoms with Gasteiger partial charge in [-0.05, 0) is 38.5 Å². The Labute approximate surface area is 248 Å². The molecule has 236 valence electrons. The number of carbonyl (C=O) groups excluding carboxylic acids is 2. The van der Waals surface area contributed by atoms with Gasteiger partial charge in [-0.3, -0.25) is 9.59 Å². The number of unbranched alkanes of at least 4 members (excludes halogenated alkanes) is 21. The average molecular weight is 567 g/mol. The number of carbonyl (C=O) groups is 2. The van der Waals surface area contributed by atoms with E-state index in [0.717, 1.165) is 38.5 Å². The van der Waals surface area contributed by atoms with Gasteiger partial charge >= 0.3 is 11.9 Å². The van der Waals surface area contributed by atoms with Gasteiger partial charge in [0.25, 0.3) is 0 Å². The van der Waals surface area contributed by atoms with Crippen molar-refractivity contribution in [2.24, 2.45) is 0 Å². The van der Waals surface area contributed by atoms with Crippen LogP contribution >= 0.6 is 0 Å². The summed E-state index contributed by atoms with van der Waals surface area (Å²) < 4.78 is 10.5. The molecule has 0 bridgehead atoms. The smallest absolute Gasteiger partial charge is 0.306 e. The first-order valence-electron chi connectivity index (χ1n) is 17.2. The summed E-state index contributed by atoms with van der Waals surface area (Å²) in [6.07, 6.45) is 34.1. The largest absolute Gasteiger partial charge is 0.462 e. The van der Waals surface area contributed by atoms with E-state index in [9.17, 15) is 14.7 Å². The molecule has 0 fully saturated rings. The zero-order valence-corrected chi connectivity index (χ0v) is 26.6. The van der Waals surface area contributed by atoms with E-state index in [4.69, 9.17) is 9.47 Å². The van der Waals surface area contributed by atoms with Crippen LogP contribution in [0.3, 0.4) is 0 Å². The quantitative estimate of drug-likeness (QED) is 0.0513. The summed E-state index contributed by atoms with van der Waals surface area (Å²) in [6.45, 7) is 4.10. The lowest BCUT2D eigenvalue weighted by Crippen LogP contribution is -2.28. The molecule has 0 aromatic carbocycles. The van der Waals surface area contributed by atoms with Gasteiger partial charge in [0.05, 0.1) is 6.61 Å². The molecule has 40 heavy (non-hydrogen) atoms. The van der Waals surface area contributed by atoms with Crippen molar-refractivity contribution >= 4 is 11.9 Å². The highest BCUT2D eigenvalue weighted by molar-refractivity contribution is 5.70. The van der Waals surface area contributed by atoms with Gasteiger partial charge in [-0.15, -0.1) is 0 Å². The molecular weight excluding hydrogens is 500 g/mol. The normalized spacial score (nSPS) is 12.2. The summed E-state index contributed by atoms with van der Waals surface area (Å²) in [5.41, 5.74) is 0. The Morgan fingerprint density at radius 2 is 0.925 bits per heavy atom. The van der Waals surface area contributed by atoms with Gasteiger partial charge in [0.15, 0.2) is 6.10 Å². The molecule has 0 radical (unpaired) electrons.